The summed E-state index contributed by atoms with van der Waals surface area (Å²) in [5, 5.41) is 0. The topological polar surface area (TPSA) is 52.0 Å². The lowest BCUT2D eigenvalue weighted by Crippen LogP contribution is -2.42. The van der Waals surface area contributed by atoms with Gasteiger partial charge < -0.3 is 11.5 Å². The van der Waals surface area contributed by atoms with Crippen molar-refractivity contribution in [2.45, 2.75) is 90.1 Å². The fourth-order valence-electron chi connectivity index (χ4n) is 5.18. The molecule has 6 unspecified atom stereocenters. The minimum atomic E-state index is 0.471. The van der Waals surface area contributed by atoms with Crippen LogP contribution in [0.4, 0.5) is 0 Å². The van der Waals surface area contributed by atoms with Gasteiger partial charge in [0.15, 0.2) is 0 Å². The lowest BCUT2D eigenvalue weighted by atomic mass is 9.61. The summed E-state index contributed by atoms with van der Waals surface area (Å²) < 4.78 is 0. The quantitative estimate of drug-likeness (QED) is 0.797. The van der Waals surface area contributed by atoms with Gasteiger partial charge in [-0.3, -0.25) is 0 Å². The van der Waals surface area contributed by atoms with E-state index in [-0.39, 0.29) is 0 Å². The van der Waals surface area contributed by atoms with Crippen molar-refractivity contribution >= 4 is 0 Å². The van der Waals surface area contributed by atoms with Crippen LogP contribution in [-0.4, -0.2) is 12.1 Å². The standard InChI is InChI=1S/C18H36N2/c1-3-5-13-11-15(19)7-9-17(13)18-10-8-16(20)12-14(18)6-4-2/h13-18H,3-12,19-20H2,1-2H3. The van der Waals surface area contributed by atoms with Crippen LogP contribution in [0.2, 0.25) is 0 Å². The molecule has 0 amide bonds. The van der Waals surface area contributed by atoms with Crippen LogP contribution >= 0.6 is 0 Å². The molecule has 2 fully saturated rings. The summed E-state index contributed by atoms with van der Waals surface area (Å²) in [6, 6.07) is 0.941. The number of rotatable bonds is 5. The first-order chi connectivity index (χ1) is 9.65. The minimum absolute atomic E-state index is 0.471. The zero-order valence-corrected chi connectivity index (χ0v) is 13.7. The van der Waals surface area contributed by atoms with Crippen LogP contribution in [0.1, 0.15) is 78.1 Å². The summed E-state index contributed by atoms with van der Waals surface area (Å²) in [7, 11) is 0. The van der Waals surface area contributed by atoms with Crippen LogP contribution in [0.15, 0.2) is 0 Å². The third-order valence-electron chi connectivity index (χ3n) is 6.03. The first-order valence-electron chi connectivity index (χ1n) is 9.16. The molecular weight excluding hydrogens is 244 g/mol. The van der Waals surface area contributed by atoms with Crippen molar-refractivity contribution in [1.82, 2.24) is 0 Å². The molecule has 0 aromatic rings. The molecular formula is C18H36N2. The van der Waals surface area contributed by atoms with Crippen molar-refractivity contribution in [1.29, 1.82) is 0 Å². The molecule has 0 heterocycles. The van der Waals surface area contributed by atoms with E-state index in [0.29, 0.717) is 12.1 Å². The molecule has 2 rings (SSSR count). The highest BCUT2D eigenvalue weighted by atomic mass is 14.7. The predicted molar refractivity (Wildman–Crippen MR) is 87.4 cm³/mol. The van der Waals surface area contributed by atoms with E-state index < -0.39 is 0 Å². The monoisotopic (exact) mass is 280 g/mol. The normalized spacial score (nSPS) is 42.6. The Kier molecular flexibility index (Phi) is 6.35. The highest BCUT2D eigenvalue weighted by Crippen LogP contribution is 2.46. The molecule has 2 nitrogen and oxygen atoms in total. The summed E-state index contributed by atoms with van der Waals surface area (Å²) in [4.78, 5) is 0. The Hall–Kier alpha value is -0.0800. The Morgan fingerprint density at radius 2 is 1.10 bits per heavy atom. The molecule has 0 aromatic carbocycles. The van der Waals surface area contributed by atoms with E-state index in [0.717, 1.165) is 23.7 Å². The second-order valence-electron chi connectivity index (χ2n) is 7.57. The Bertz CT molecular complexity index is 251. The van der Waals surface area contributed by atoms with Crippen molar-refractivity contribution in [3.8, 4) is 0 Å². The molecule has 2 heteroatoms. The van der Waals surface area contributed by atoms with Crippen LogP contribution in [0.5, 0.6) is 0 Å². The fourth-order valence-corrected chi connectivity index (χ4v) is 5.18. The maximum Gasteiger partial charge on any atom is 0.00416 e. The molecule has 0 aliphatic heterocycles. The average molecular weight is 281 g/mol. The van der Waals surface area contributed by atoms with Gasteiger partial charge in [-0.2, -0.15) is 0 Å². The van der Waals surface area contributed by atoms with Crippen molar-refractivity contribution in [3.63, 3.8) is 0 Å². The molecule has 118 valence electrons. The first-order valence-corrected chi connectivity index (χ1v) is 9.16. The van der Waals surface area contributed by atoms with Gasteiger partial charge in [-0.05, 0) is 62.2 Å². The van der Waals surface area contributed by atoms with Crippen LogP contribution < -0.4 is 11.5 Å². The highest BCUT2D eigenvalue weighted by Gasteiger charge is 2.39. The largest absolute Gasteiger partial charge is 0.328 e. The van der Waals surface area contributed by atoms with Crippen LogP contribution in [-0.2, 0) is 0 Å². The van der Waals surface area contributed by atoms with E-state index in [1.54, 1.807) is 0 Å². The molecule has 0 saturated heterocycles. The molecule has 6 atom stereocenters. The molecule has 0 bridgehead atoms. The van der Waals surface area contributed by atoms with Gasteiger partial charge in [-0.1, -0.05) is 39.5 Å². The summed E-state index contributed by atoms with van der Waals surface area (Å²) in [5.74, 6) is 3.67. The van der Waals surface area contributed by atoms with E-state index in [4.69, 9.17) is 11.5 Å². The van der Waals surface area contributed by atoms with Gasteiger partial charge in [0.25, 0.3) is 0 Å². The second-order valence-corrected chi connectivity index (χ2v) is 7.57. The Morgan fingerprint density at radius 3 is 1.45 bits per heavy atom. The van der Waals surface area contributed by atoms with Gasteiger partial charge >= 0.3 is 0 Å². The Labute approximate surface area is 126 Å². The van der Waals surface area contributed by atoms with E-state index in [1.807, 2.05) is 0 Å². The molecule has 0 aromatic heterocycles. The number of hydrogen-bond acceptors (Lipinski definition) is 2. The number of hydrogen-bond donors (Lipinski definition) is 2. The van der Waals surface area contributed by atoms with E-state index >= 15 is 0 Å². The SMILES string of the molecule is CCCC1CC(N)CCC1C1CCC(N)CC1CCC. The van der Waals surface area contributed by atoms with Crippen molar-refractivity contribution in [2.75, 3.05) is 0 Å². The van der Waals surface area contributed by atoms with Crippen molar-refractivity contribution in [3.05, 3.63) is 0 Å². The Balaban J connectivity index is 2.05. The maximum atomic E-state index is 6.24. The molecule has 4 N–H and O–H groups in total. The lowest BCUT2D eigenvalue weighted by molar-refractivity contribution is 0.0605. The number of nitrogens with two attached hydrogens (primary N) is 2. The van der Waals surface area contributed by atoms with Gasteiger partial charge in [0.1, 0.15) is 0 Å². The first kappa shape index (κ1) is 16.3. The predicted octanol–water partition coefficient (Wildman–Crippen LogP) is 4.07. The Morgan fingerprint density at radius 1 is 0.700 bits per heavy atom. The summed E-state index contributed by atoms with van der Waals surface area (Å²) >= 11 is 0. The average Bonchev–Trinajstić information content (AvgIpc) is 2.41. The van der Waals surface area contributed by atoms with Crippen LogP contribution in [0.25, 0.3) is 0 Å². The van der Waals surface area contributed by atoms with Gasteiger partial charge in [0, 0.05) is 12.1 Å². The fraction of sp³-hybridized carbons (Fsp3) is 1.00. The summed E-state index contributed by atoms with van der Waals surface area (Å²) in [6.45, 7) is 4.66. The van der Waals surface area contributed by atoms with Crippen LogP contribution in [0.3, 0.4) is 0 Å². The third kappa shape index (κ3) is 3.98. The highest BCUT2D eigenvalue weighted by molar-refractivity contribution is 4.91. The van der Waals surface area contributed by atoms with Crippen molar-refractivity contribution in [2.24, 2.45) is 35.1 Å². The van der Waals surface area contributed by atoms with E-state index in [2.05, 4.69) is 13.8 Å². The van der Waals surface area contributed by atoms with E-state index in [1.165, 1.54) is 64.2 Å². The van der Waals surface area contributed by atoms with Gasteiger partial charge in [-0.15, -0.1) is 0 Å². The van der Waals surface area contributed by atoms with Gasteiger partial charge in [0.2, 0.25) is 0 Å². The van der Waals surface area contributed by atoms with Gasteiger partial charge in [0.05, 0.1) is 0 Å². The van der Waals surface area contributed by atoms with Gasteiger partial charge in [-0.25, -0.2) is 0 Å². The summed E-state index contributed by atoms with van der Waals surface area (Å²) in [6.07, 6.45) is 13.2. The van der Waals surface area contributed by atoms with Crippen LogP contribution in [0, 0.1) is 23.7 Å². The zero-order valence-electron chi connectivity index (χ0n) is 13.7. The van der Waals surface area contributed by atoms with Crippen molar-refractivity contribution < 1.29 is 0 Å². The maximum absolute atomic E-state index is 6.24. The third-order valence-corrected chi connectivity index (χ3v) is 6.03. The smallest absolute Gasteiger partial charge is 0.00416 e. The molecule has 0 spiro atoms. The minimum Gasteiger partial charge on any atom is -0.328 e. The summed E-state index contributed by atoms with van der Waals surface area (Å²) in [5.41, 5.74) is 12.5. The molecule has 2 aliphatic carbocycles. The molecule has 2 aliphatic rings. The van der Waals surface area contributed by atoms with E-state index in [9.17, 15) is 0 Å². The molecule has 0 radical (unpaired) electrons. The molecule has 20 heavy (non-hydrogen) atoms. The zero-order chi connectivity index (χ0) is 14.5. The lowest BCUT2D eigenvalue weighted by Gasteiger charge is -2.46. The molecule has 2 saturated carbocycles. The second kappa shape index (κ2) is 7.79.